The van der Waals surface area contributed by atoms with Crippen LogP contribution < -0.4 is 0 Å². The maximum Gasteiger partial charge on any atom is 0.191 e. The number of likely N-dealkylation sites (tertiary alicyclic amines) is 1. The van der Waals surface area contributed by atoms with Crippen molar-refractivity contribution >= 4 is 11.8 Å². The van der Waals surface area contributed by atoms with Crippen LogP contribution in [0.1, 0.15) is 47.7 Å². The van der Waals surface area contributed by atoms with Gasteiger partial charge in [-0.1, -0.05) is 53.7 Å². The van der Waals surface area contributed by atoms with Crippen molar-refractivity contribution in [1.29, 1.82) is 0 Å². The molecule has 1 saturated heterocycles. The van der Waals surface area contributed by atoms with Gasteiger partial charge in [-0.3, -0.25) is 4.90 Å². The van der Waals surface area contributed by atoms with Gasteiger partial charge < -0.3 is 9.09 Å². The molecule has 7 heteroatoms. The summed E-state index contributed by atoms with van der Waals surface area (Å²) in [5, 5.41) is 14.1. The third kappa shape index (κ3) is 4.47. The quantitative estimate of drug-likeness (QED) is 0.557. The van der Waals surface area contributed by atoms with Crippen molar-refractivity contribution in [2.24, 2.45) is 0 Å². The molecule has 0 bridgehead atoms. The molecule has 28 heavy (non-hydrogen) atoms. The van der Waals surface area contributed by atoms with Crippen molar-refractivity contribution in [2.45, 2.75) is 57.1 Å². The minimum Gasteiger partial charge on any atom is -0.361 e. The van der Waals surface area contributed by atoms with Gasteiger partial charge in [-0.15, -0.1) is 10.2 Å². The molecule has 1 aliphatic heterocycles. The summed E-state index contributed by atoms with van der Waals surface area (Å²) in [7, 11) is 0. The van der Waals surface area contributed by atoms with Crippen LogP contribution in [-0.4, -0.2) is 37.9 Å². The number of thioether (sulfide) groups is 1. The molecule has 2 aromatic heterocycles. The zero-order valence-corrected chi connectivity index (χ0v) is 17.4. The van der Waals surface area contributed by atoms with Gasteiger partial charge in [0.25, 0.3) is 0 Å². The van der Waals surface area contributed by atoms with Crippen molar-refractivity contribution in [1.82, 2.24) is 24.8 Å². The van der Waals surface area contributed by atoms with E-state index in [9.17, 15) is 0 Å². The number of aromatic nitrogens is 4. The van der Waals surface area contributed by atoms with E-state index in [1.54, 1.807) is 11.8 Å². The Labute approximate surface area is 170 Å². The fourth-order valence-corrected chi connectivity index (χ4v) is 4.74. The fraction of sp³-hybridized carbons (Fsp3) is 0.476. The number of hydrogen-bond acceptors (Lipinski definition) is 6. The Morgan fingerprint density at radius 3 is 2.50 bits per heavy atom. The largest absolute Gasteiger partial charge is 0.361 e. The first kappa shape index (κ1) is 19.2. The zero-order valence-electron chi connectivity index (χ0n) is 16.6. The van der Waals surface area contributed by atoms with E-state index in [1.165, 1.54) is 24.8 Å². The third-order valence-corrected chi connectivity index (χ3v) is 6.31. The second-order valence-electron chi connectivity index (χ2n) is 7.40. The normalized spacial score (nSPS) is 15.2. The van der Waals surface area contributed by atoms with Crippen LogP contribution in [0.4, 0.5) is 0 Å². The van der Waals surface area contributed by atoms with Crippen LogP contribution in [0.3, 0.4) is 0 Å². The molecule has 0 spiro atoms. The van der Waals surface area contributed by atoms with Gasteiger partial charge in [0.2, 0.25) is 0 Å². The number of aryl methyl sites for hydroxylation is 2. The predicted molar refractivity (Wildman–Crippen MR) is 110 cm³/mol. The highest BCUT2D eigenvalue weighted by atomic mass is 32.2. The van der Waals surface area contributed by atoms with Crippen molar-refractivity contribution in [3.8, 4) is 0 Å². The van der Waals surface area contributed by atoms with Crippen molar-refractivity contribution in [2.75, 3.05) is 13.1 Å². The first-order valence-electron chi connectivity index (χ1n) is 9.93. The van der Waals surface area contributed by atoms with Gasteiger partial charge in [0.1, 0.15) is 11.6 Å². The Hall–Kier alpha value is -2.12. The van der Waals surface area contributed by atoms with Crippen LogP contribution in [0.15, 0.2) is 40.0 Å². The lowest BCUT2D eigenvalue weighted by molar-refractivity contribution is 0.213. The molecule has 6 nitrogen and oxygen atoms in total. The molecule has 3 aromatic rings. The molecule has 1 fully saturated rings. The van der Waals surface area contributed by atoms with Crippen molar-refractivity contribution in [3.05, 3.63) is 58.7 Å². The maximum atomic E-state index is 5.30. The van der Waals surface area contributed by atoms with E-state index >= 15 is 0 Å². The fourth-order valence-electron chi connectivity index (χ4n) is 3.63. The summed E-state index contributed by atoms with van der Waals surface area (Å²) in [6.45, 7) is 7.92. The highest BCUT2D eigenvalue weighted by molar-refractivity contribution is 7.98. The summed E-state index contributed by atoms with van der Waals surface area (Å²) in [5.41, 5.74) is 3.37. The van der Waals surface area contributed by atoms with Crippen LogP contribution in [0.5, 0.6) is 0 Å². The SMILES string of the molecule is Cc1noc(C)c1CSc1nnc(CN2CCCCC2)n1Cc1ccccc1. The van der Waals surface area contributed by atoms with Gasteiger partial charge in [0.05, 0.1) is 18.8 Å². The molecule has 0 N–H and O–H groups in total. The van der Waals surface area contributed by atoms with Gasteiger partial charge in [0, 0.05) is 11.3 Å². The first-order valence-corrected chi connectivity index (χ1v) is 10.9. The van der Waals surface area contributed by atoms with Gasteiger partial charge in [-0.05, 0) is 45.3 Å². The third-order valence-electron chi connectivity index (χ3n) is 5.32. The number of piperidine rings is 1. The molecule has 148 valence electrons. The summed E-state index contributed by atoms with van der Waals surface area (Å²) in [4.78, 5) is 2.50. The Bertz CT molecular complexity index is 879. The van der Waals surface area contributed by atoms with Gasteiger partial charge in [0.15, 0.2) is 5.16 Å². The molecule has 4 rings (SSSR count). The smallest absolute Gasteiger partial charge is 0.191 e. The van der Waals surface area contributed by atoms with Crippen LogP contribution in [0, 0.1) is 13.8 Å². The molecule has 0 amide bonds. The molecule has 0 unspecified atom stereocenters. The molecule has 3 heterocycles. The van der Waals surface area contributed by atoms with Crippen molar-refractivity contribution in [3.63, 3.8) is 0 Å². The Morgan fingerprint density at radius 2 is 1.79 bits per heavy atom. The monoisotopic (exact) mass is 397 g/mol. The lowest BCUT2D eigenvalue weighted by Gasteiger charge is -2.26. The van der Waals surface area contributed by atoms with E-state index in [0.717, 1.165) is 59.9 Å². The minimum atomic E-state index is 0.789. The van der Waals surface area contributed by atoms with Crippen LogP contribution >= 0.6 is 11.8 Å². The van der Waals surface area contributed by atoms with Gasteiger partial charge in [-0.2, -0.15) is 0 Å². The highest BCUT2D eigenvalue weighted by Gasteiger charge is 2.19. The molecule has 1 aromatic carbocycles. The van der Waals surface area contributed by atoms with Gasteiger partial charge >= 0.3 is 0 Å². The summed E-state index contributed by atoms with van der Waals surface area (Å²) >= 11 is 1.71. The first-order chi connectivity index (χ1) is 13.7. The average Bonchev–Trinajstić information content (AvgIpc) is 3.24. The van der Waals surface area contributed by atoms with E-state index in [2.05, 4.69) is 55.2 Å². The second-order valence-corrected chi connectivity index (χ2v) is 8.34. The number of nitrogens with zero attached hydrogens (tertiary/aromatic N) is 5. The zero-order chi connectivity index (χ0) is 19.3. The second kappa shape index (κ2) is 8.92. The van der Waals surface area contributed by atoms with E-state index in [0.29, 0.717) is 0 Å². The lowest BCUT2D eigenvalue weighted by atomic mass is 10.1. The molecule has 0 saturated carbocycles. The topological polar surface area (TPSA) is 60.0 Å². The average molecular weight is 398 g/mol. The maximum absolute atomic E-state index is 5.30. The Kier molecular flexibility index (Phi) is 6.12. The van der Waals surface area contributed by atoms with Crippen LogP contribution in [0.2, 0.25) is 0 Å². The van der Waals surface area contributed by atoms with Crippen LogP contribution in [0.25, 0.3) is 0 Å². The van der Waals surface area contributed by atoms with Gasteiger partial charge in [-0.25, -0.2) is 0 Å². The van der Waals surface area contributed by atoms with E-state index < -0.39 is 0 Å². The molecule has 1 aliphatic rings. The highest BCUT2D eigenvalue weighted by Crippen LogP contribution is 2.26. The van der Waals surface area contributed by atoms with Crippen LogP contribution in [-0.2, 0) is 18.8 Å². The minimum absolute atomic E-state index is 0.789. The number of hydrogen-bond donors (Lipinski definition) is 0. The molecular weight excluding hydrogens is 370 g/mol. The molecule has 0 aliphatic carbocycles. The molecule has 0 radical (unpaired) electrons. The molecule has 0 atom stereocenters. The number of rotatable bonds is 7. The number of benzene rings is 1. The molecular formula is C21H27N5OS. The predicted octanol–water partition coefficient (Wildman–Crippen LogP) is 4.21. The summed E-state index contributed by atoms with van der Waals surface area (Å²) in [6.07, 6.45) is 3.90. The van der Waals surface area contributed by atoms with Crippen molar-refractivity contribution < 1.29 is 4.52 Å². The Balaban J connectivity index is 1.55. The summed E-state index contributed by atoms with van der Waals surface area (Å²) in [6, 6.07) is 10.5. The standard InChI is InChI=1S/C21H27N5OS/c1-16-19(17(2)27-24-16)15-28-21-23-22-20(14-25-11-7-4-8-12-25)26(21)13-18-9-5-3-6-10-18/h3,5-6,9-10H,4,7-8,11-15H2,1-2H3. The van der Waals surface area contributed by atoms with E-state index in [1.807, 2.05) is 13.8 Å². The lowest BCUT2D eigenvalue weighted by Crippen LogP contribution is -2.30. The summed E-state index contributed by atoms with van der Waals surface area (Å²) in [5.74, 6) is 2.72. The van der Waals surface area contributed by atoms with E-state index in [-0.39, 0.29) is 0 Å². The summed E-state index contributed by atoms with van der Waals surface area (Å²) < 4.78 is 7.57. The van der Waals surface area contributed by atoms with E-state index in [4.69, 9.17) is 4.52 Å². The Morgan fingerprint density at radius 1 is 1.00 bits per heavy atom.